The number of nitrogens with one attached hydrogen (secondary N) is 1. The van der Waals surface area contributed by atoms with E-state index in [9.17, 15) is 22.4 Å². The third-order valence-corrected chi connectivity index (χ3v) is 6.00. The van der Waals surface area contributed by atoms with Gasteiger partial charge in [0, 0.05) is 18.2 Å². The molecule has 36 heavy (non-hydrogen) atoms. The van der Waals surface area contributed by atoms with E-state index in [1.165, 1.54) is 32.2 Å². The molecular weight excluding hydrogens is 504 g/mol. The number of amides is 1. The Labute approximate surface area is 209 Å². The maximum Gasteiger partial charge on any atom is 0.426 e. The molecule has 7 nitrogen and oxygen atoms in total. The van der Waals surface area contributed by atoms with Gasteiger partial charge in [-0.3, -0.25) is 4.79 Å². The third-order valence-electron chi connectivity index (χ3n) is 5.68. The highest BCUT2D eigenvalue weighted by Crippen LogP contribution is 2.35. The van der Waals surface area contributed by atoms with E-state index in [-0.39, 0.29) is 28.5 Å². The number of alkyl halides is 3. The van der Waals surface area contributed by atoms with Crippen molar-refractivity contribution in [1.29, 1.82) is 0 Å². The van der Waals surface area contributed by atoms with Gasteiger partial charge in [-0.05, 0) is 62.2 Å². The molecule has 0 bridgehead atoms. The number of aryl methyl sites for hydroxylation is 1. The molecular formula is C24H23ClF4N4O3. The summed E-state index contributed by atoms with van der Waals surface area (Å²) in [6, 6.07) is 8.07. The zero-order chi connectivity index (χ0) is 26.8. The summed E-state index contributed by atoms with van der Waals surface area (Å²) in [5.41, 5.74) is -1.38. The lowest BCUT2D eigenvalue weighted by Gasteiger charge is -2.30. The van der Waals surface area contributed by atoms with Crippen LogP contribution in [0, 0.1) is 12.7 Å². The van der Waals surface area contributed by atoms with Gasteiger partial charge in [0.25, 0.3) is 5.91 Å². The van der Waals surface area contributed by atoms with Crippen LogP contribution < -0.4 is 10.1 Å². The Balaban J connectivity index is 2.00. The van der Waals surface area contributed by atoms with E-state index in [0.717, 1.165) is 7.11 Å². The highest BCUT2D eigenvalue weighted by molar-refractivity contribution is 6.33. The van der Waals surface area contributed by atoms with Crippen molar-refractivity contribution in [3.8, 4) is 28.8 Å². The van der Waals surface area contributed by atoms with Crippen LogP contribution >= 0.6 is 11.6 Å². The van der Waals surface area contributed by atoms with Crippen LogP contribution in [0.4, 0.5) is 17.6 Å². The molecule has 192 valence electrons. The van der Waals surface area contributed by atoms with Crippen molar-refractivity contribution < 1.29 is 31.8 Å². The van der Waals surface area contributed by atoms with Gasteiger partial charge in [-0.25, -0.2) is 9.37 Å². The van der Waals surface area contributed by atoms with Crippen LogP contribution in [0.1, 0.15) is 31.0 Å². The Morgan fingerprint density at radius 3 is 2.31 bits per heavy atom. The van der Waals surface area contributed by atoms with Crippen molar-refractivity contribution in [2.45, 2.75) is 38.6 Å². The Kier molecular flexibility index (Phi) is 7.85. The van der Waals surface area contributed by atoms with E-state index >= 15 is 0 Å². The van der Waals surface area contributed by atoms with Crippen LogP contribution in [0.15, 0.2) is 36.4 Å². The topological polar surface area (TPSA) is 86.2 Å². The van der Waals surface area contributed by atoms with Gasteiger partial charge in [0.15, 0.2) is 11.6 Å². The maximum atomic E-state index is 13.7. The van der Waals surface area contributed by atoms with Crippen molar-refractivity contribution in [3.05, 3.63) is 58.4 Å². The summed E-state index contributed by atoms with van der Waals surface area (Å²) < 4.78 is 63.6. The van der Waals surface area contributed by atoms with Crippen LogP contribution in [0.25, 0.3) is 22.8 Å². The van der Waals surface area contributed by atoms with E-state index in [4.69, 9.17) is 16.3 Å². The number of ether oxygens (including phenoxy) is 2. The second-order valence-corrected chi connectivity index (χ2v) is 8.51. The van der Waals surface area contributed by atoms with Gasteiger partial charge in [-0.2, -0.15) is 23.1 Å². The number of rotatable bonds is 7. The summed E-state index contributed by atoms with van der Waals surface area (Å²) >= 11 is 6.39. The fraction of sp³-hybridized carbons (Fsp3) is 0.333. The number of methoxy groups -OCH3 is 2. The van der Waals surface area contributed by atoms with Crippen LogP contribution in [0.5, 0.6) is 6.01 Å². The molecule has 1 N–H and O–H groups in total. The highest BCUT2D eigenvalue weighted by atomic mass is 35.5. The number of carbonyl (C=O) groups is 1. The number of hydrogen-bond acceptors (Lipinski definition) is 6. The number of aromatic nitrogens is 3. The summed E-state index contributed by atoms with van der Waals surface area (Å²) in [5.74, 6) is -1.43. The average Bonchev–Trinajstić information content (AvgIpc) is 2.84. The standard InChI is InChI=1S/C24H23ClF4N4O3/c1-12-10-15(7-9-18(12)26)19-31-20(33-22(32-19)35-4)16-11-14(6-8-17(16)25)13(2)30-21(34)23(3,36-5)24(27,28)29/h6-11,13H,1-5H3,(H,30,34)/t13?,23-/m1/s1. The second kappa shape index (κ2) is 10.4. The van der Waals surface area contributed by atoms with Crippen molar-refractivity contribution in [1.82, 2.24) is 20.3 Å². The lowest BCUT2D eigenvalue weighted by Crippen LogP contribution is -2.56. The molecule has 0 saturated heterocycles. The van der Waals surface area contributed by atoms with Crippen molar-refractivity contribution in [2.24, 2.45) is 0 Å². The summed E-state index contributed by atoms with van der Waals surface area (Å²) in [6.07, 6.45) is -4.92. The van der Waals surface area contributed by atoms with Crippen LogP contribution in [0.3, 0.4) is 0 Å². The Morgan fingerprint density at radius 1 is 1.06 bits per heavy atom. The minimum absolute atomic E-state index is 0.0270. The van der Waals surface area contributed by atoms with E-state index < -0.39 is 23.7 Å². The van der Waals surface area contributed by atoms with Crippen LogP contribution in [0.2, 0.25) is 5.02 Å². The SMILES string of the molecule is COc1nc(-c2ccc(F)c(C)c2)nc(-c2cc(C(C)NC(=O)[C@@](C)(OC)C(F)(F)F)ccc2Cl)n1. The van der Waals surface area contributed by atoms with Crippen molar-refractivity contribution in [3.63, 3.8) is 0 Å². The molecule has 2 atom stereocenters. The summed E-state index contributed by atoms with van der Waals surface area (Å²) in [6.45, 7) is 3.76. The number of carbonyl (C=O) groups excluding carboxylic acids is 1. The number of hydrogen-bond donors (Lipinski definition) is 1. The fourth-order valence-corrected chi connectivity index (χ4v) is 3.42. The number of halogens is 5. The molecule has 12 heteroatoms. The fourth-order valence-electron chi connectivity index (χ4n) is 3.22. The van der Waals surface area contributed by atoms with Crippen LogP contribution in [-0.4, -0.2) is 46.9 Å². The molecule has 0 radical (unpaired) electrons. The van der Waals surface area contributed by atoms with Gasteiger partial charge in [-0.1, -0.05) is 17.7 Å². The lowest BCUT2D eigenvalue weighted by atomic mass is 10.0. The van der Waals surface area contributed by atoms with E-state index in [0.29, 0.717) is 29.2 Å². The molecule has 1 heterocycles. The predicted octanol–water partition coefficient (Wildman–Crippen LogP) is 5.46. The molecule has 1 amide bonds. The van der Waals surface area contributed by atoms with Gasteiger partial charge in [0.2, 0.25) is 5.60 Å². The molecule has 0 spiro atoms. The molecule has 1 aromatic heterocycles. The summed E-state index contributed by atoms with van der Waals surface area (Å²) in [7, 11) is 2.17. The lowest BCUT2D eigenvalue weighted by molar-refractivity contribution is -0.254. The maximum absolute atomic E-state index is 13.7. The van der Waals surface area contributed by atoms with E-state index in [1.807, 2.05) is 0 Å². The predicted molar refractivity (Wildman–Crippen MR) is 125 cm³/mol. The highest BCUT2D eigenvalue weighted by Gasteiger charge is 2.57. The average molecular weight is 527 g/mol. The molecule has 0 aliphatic carbocycles. The first-order valence-electron chi connectivity index (χ1n) is 10.6. The molecule has 0 fully saturated rings. The summed E-state index contributed by atoms with van der Waals surface area (Å²) in [4.78, 5) is 25.3. The number of benzene rings is 2. The minimum atomic E-state index is -4.92. The normalized spacial score (nSPS) is 14.2. The minimum Gasteiger partial charge on any atom is -0.467 e. The molecule has 2 aromatic carbocycles. The van der Waals surface area contributed by atoms with Gasteiger partial charge in [-0.15, -0.1) is 0 Å². The zero-order valence-corrected chi connectivity index (χ0v) is 20.8. The van der Waals surface area contributed by atoms with Gasteiger partial charge in [0.1, 0.15) is 5.82 Å². The molecule has 3 aromatic rings. The Bertz CT molecular complexity index is 1290. The monoisotopic (exact) mass is 526 g/mol. The van der Waals surface area contributed by atoms with Gasteiger partial charge < -0.3 is 14.8 Å². The molecule has 0 aliphatic heterocycles. The Hall–Kier alpha value is -3.31. The first-order chi connectivity index (χ1) is 16.8. The smallest absolute Gasteiger partial charge is 0.426 e. The zero-order valence-electron chi connectivity index (χ0n) is 20.0. The third kappa shape index (κ3) is 5.41. The quantitative estimate of drug-likeness (QED) is 0.411. The van der Waals surface area contributed by atoms with Gasteiger partial charge >= 0.3 is 12.2 Å². The molecule has 3 rings (SSSR count). The second-order valence-electron chi connectivity index (χ2n) is 8.10. The number of nitrogens with zero attached hydrogens (tertiary/aromatic N) is 3. The van der Waals surface area contributed by atoms with Crippen LogP contribution in [-0.2, 0) is 9.53 Å². The van der Waals surface area contributed by atoms with Crippen molar-refractivity contribution >= 4 is 17.5 Å². The first-order valence-corrected chi connectivity index (χ1v) is 11.0. The van der Waals surface area contributed by atoms with Crippen molar-refractivity contribution in [2.75, 3.05) is 14.2 Å². The molecule has 0 saturated carbocycles. The first kappa shape index (κ1) is 27.3. The van der Waals surface area contributed by atoms with E-state index in [2.05, 4.69) is 25.0 Å². The van der Waals surface area contributed by atoms with Gasteiger partial charge in [0.05, 0.1) is 18.2 Å². The summed E-state index contributed by atoms with van der Waals surface area (Å²) in [5, 5.41) is 2.56. The van der Waals surface area contributed by atoms with E-state index in [1.54, 1.807) is 25.1 Å². The molecule has 1 unspecified atom stereocenters. The largest absolute Gasteiger partial charge is 0.467 e. The molecule has 0 aliphatic rings. The Morgan fingerprint density at radius 2 is 1.72 bits per heavy atom.